The summed E-state index contributed by atoms with van der Waals surface area (Å²) in [5, 5.41) is 10.2. The van der Waals surface area contributed by atoms with Gasteiger partial charge in [-0.05, 0) is 62.2 Å². The average molecular weight is 392 g/mol. The van der Waals surface area contributed by atoms with Gasteiger partial charge in [-0.25, -0.2) is 15.0 Å². The molecular weight excluding hydrogens is 372 g/mol. The first-order valence-electron chi connectivity index (χ1n) is 9.76. The Kier molecular flexibility index (Phi) is 3.93. The summed E-state index contributed by atoms with van der Waals surface area (Å²) in [5.41, 5.74) is 7.30. The number of aromatic nitrogens is 5. The molecule has 1 N–H and O–H groups in total. The molecule has 0 bridgehead atoms. The van der Waals surface area contributed by atoms with Gasteiger partial charge in [-0.3, -0.25) is 0 Å². The topological polar surface area (TPSA) is 83.2 Å². The zero-order chi connectivity index (χ0) is 20.9. The van der Waals surface area contributed by atoms with E-state index < -0.39 is 0 Å². The van der Waals surface area contributed by atoms with Gasteiger partial charge in [0.1, 0.15) is 17.4 Å². The predicted octanol–water partition coefficient (Wildman–Crippen LogP) is 5.27. The van der Waals surface area contributed by atoms with Crippen molar-refractivity contribution in [1.82, 2.24) is 24.5 Å². The van der Waals surface area contributed by atoms with Crippen molar-refractivity contribution in [2.45, 2.75) is 26.3 Å². The zero-order valence-corrected chi connectivity index (χ0v) is 17.0. The van der Waals surface area contributed by atoms with E-state index in [1.54, 1.807) is 12.3 Å². The van der Waals surface area contributed by atoms with Crippen LogP contribution in [0.25, 0.3) is 44.3 Å². The van der Waals surface area contributed by atoms with Gasteiger partial charge in [-0.2, -0.15) is 5.26 Å². The molecule has 4 heterocycles. The molecule has 5 aromatic rings. The highest BCUT2D eigenvalue weighted by Crippen LogP contribution is 2.33. The molecule has 0 atom stereocenters. The number of benzene rings is 1. The molecule has 30 heavy (non-hydrogen) atoms. The number of hydrogen-bond acceptors (Lipinski definition) is 4. The second kappa shape index (κ2) is 6.53. The lowest BCUT2D eigenvalue weighted by Gasteiger charge is -2.21. The van der Waals surface area contributed by atoms with E-state index in [9.17, 15) is 0 Å². The van der Waals surface area contributed by atoms with Crippen molar-refractivity contribution in [1.29, 1.82) is 5.26 Å². The highest BCUT2D eigenvalue weighted by molar-refractivity contribution is 5.97. The van der Waals surface area contributed by atoms with E-state index in [1.165, 1.54) is 0 Å². The fourth-order valence-corrected chi connectivity index (χ4v) is 3.78. The van der Waals surface area contributed by atoms with Crippen molar-refractivity contribution in [3.63, 3.8) is 0 Å². The van der Waals surface area contributed by atoms with Crippen molar-refractivity contribution in [2.24, 2.45) is 0 Å². The highest BCUT2D eigenvalue weighted by atomic mass is 15.1. The Bertz CT molecular complexity index is 1440. The molecule has 1 aromatic carbocycles. The fraction of sp³-hybridized carbons (Fsp3) is 0.167. The number of rotatable bonds is 2. The molecule has 0 amide bonds. The Morgan fingerprint density at radius 3 is 2.63 bits per heavy atom. The van der Waals surface area contributed by atoms with Gasteiger partial charge in [0.2, 0.25) is 0 Å². The maximum Gasteiger partial charge on any atom is 0.141 e. The SMILES string of the molecule is CC(C)(C)n1cnc2ccc(-c3c[nH]c4ncc(-c5ccnc(C#N)c5)cc34)cc21. The van der Waals surface area contributed by atoms with Crippen LogP contribution in [0.1, 0.15) is 26.5 Å². The monoisotopic (exact) mass is 392 g/mol. The van der Waals surface area contributed by atoms with Crippen molar-refractivity contribution < 1.29 is 0 Å². The van der Waals surface area contributed by atoms with E-state index in [0.717, 1.165) is 44.3 Å². The summed E-state index contributed by atoms with van der Waals surface area (Å²) < 4.78 is 2.20. The van der Waals surface area contributed by atoms with Gasteiger partial charge in [0.15, 0.2) is 0 Å². The third-order valence-corrected chi connectivity index (χ3v) is 5.32. The number of nitrogens with zero attached hydrogens (tertiary/aromatic N) is 5. The van der Waals surface area contributed by atoms with Gasteiger partial charge < -0.3 is 9.55 Å². The maximum absolute atomic E-state index is 9.15. The Labute approximate surface area is 173 Å². The smallest absolute Gasteiger partial charge is 0.141 e. The van der Waals surface area contributed by atoms with E-state index in [0.29, 0.717) is 5.69 Å². The van der Waals surface area contributed by atoms with Gasteiger partial charge in [0.05, 0.1) is 17.4 Å². The molecule has 0 aliphatic carbocycles. The molecule has 6 heteroatoms. The third kappa shape index (κ3) is 2.92. The minimum atomic E-state index is -0.0535. The van der Waals surface area contributed by atoms with Gasteiger partial charge >= 0.3 is 0 Å². The molecule has 0 radical (unpaired) electrons. The lowest BCUT2D eigenvalue weighted by molar-refractivity contribution is 0.408. The Balaban J connectivity index is 1.67. The first-order chi connectivity index (χ1) is 14.4. The largest absolute Gasteiger partial charge is 0.346 e. The first kappa shape index (κ1) is 18.1. The number of H-pyrrole nitrogens is 1. The number of pyridine rings is 2. The Morgan fingerprint density at radius 1 is 0.967 bits per heavy atom. The molecule has 0 spiro atoms. The van der Waals surface area contributed by atoms with Crippen LogP contribution in [0.2, 0.25) is 0 Å². The number of imidazole rings is 1. The summed E-state index contributed by atoms with van der Waals surface area (Å²) in [5.74, 6) is 0. The Hall–Kier alpha value is -3.98. The summed E-state index contributed by atoms with van der Waals surface area (Å²) in [7, 11) is 0. The standard InChI is InChI=1S/C24H20N6/c1-24(2,3)30-14-29-21-5-4-16(10-22(21)30)20-13-28-23-19(20)9-17(12-27-23)15-6-7-26-18(8-15)11-25/h4-10,12-14H,1-3H3,(H,27,28). The van der Waals surface area contributed by atoms with Gasteiger partial charge in [0.25, 0.3) is 0 Å². The zero-order valence-electron chi connectivity index (χ0n) is 17.0. The molecule has 5 rings (SSSR count). The molecule has 0 fully saturated rings. The summed E-state index contributed by atoms with van der Waals surface area (Å²) in [6.07, 6.45) is 7.36. The minimum Gasteiger partial charge on any atom is -0.346 e. The van der Waals surface area contributed by atoms with E-state index in [2.05, 4.69) is 75.6 Å². The highest BCUT2D eigenvalue weighted by Gasteiger charge is 2.17. The fourth-order valence-electron chi connectivity index (χ4n) is 3.78. The summed E-state index contributed by atoms with van der Waals surface area (Å²) >= 11 is 0. The van der Waals surface area contributed by atoms with Gasteiger partial charge in [-0.15, -0.1) is 0 Å². The Morgan fingerprint density at radius 2 is 1.83 bits per heavy atom. The molecule has 0 aliphatic heterocycles. The minimum absolute atomic E-state index is 0.0535. The number of fused-ring (bicyclic) bond motifs is 2. The van der Waals surface area contributed by atoms with Crippen LogP contribution < -0.4 is 0 Å². The molecular formula is C24H20N6. The van der Waals surface area contributed by atoms with Crippen molar-refractivity contribution in [3.05, 3.63) is 67.0 Å². The second-order valence-corrected chi connectivity index (χ2v) is 8.35. The molecule has 0 aliphatic rings. The van der Waals surface area contributed by atoms with Crippen molar-refractivity contribution in [2.75, 3.05) is 0 Å². The molecule has 4 aromatic heterocycles. The quantitative estimate of drug-likeness (QED) is 0.444. The van der Waals surface area contributed by atoms with E-state index >= 15 is 0 Å². The van der Waals surface area contributed by atoms with Crippen molar-refractivity contribution in [3.8, 4) is 28.3 Å². The lowest BCUT2D eigenvalue weighted by Crippen LogP contribution is -2.20. The molecule has 0 unspecified atom stereocenters. The van der Waals surface area contributed by atoms with Gasteiger partial charge in [0, 0.05) is 40.6 Å². The van der Waals surface area contributed by atoms with Crippen LogP contribution in [0.3, 0.4) is 0 Å². The van der Waals surface area contributed by atoms with E-state index in [1.807, 2.05) is 24.8 Å². The van der Waals surface area contributed by atoms with Crippen LogP contribution in [0, 0.1) is 11.3 Å². The first-order valence-corrected chi connectivity index (χ1v) is 9.76. The molecule has 6 nitrogen and oxygen atoms in total. The van der Waals surface area contributed by atoms with Crippen LogP contribution >= 0.6 is 0 Å². The van der Waals surface area contributed by atoms with Crippen LogP contribution in [-0.4, -0.2) is 24.5 Å². The molecule has 0 saturated heterocycles. The van der Waals surface area contributed by atoms with Crippen LogP contribution in [0.15, 0.2) is 61.3 Å². The molecule has 0 saturated carbocycles. The number of nitrogens with one attached hydrogen (secondary N) is 1. The number of nitriles is 1. The number of aromatic amines is 1. The van der Waals surface area contributed by atoms with Crippen LogP contribution in [-0.2, 0) is 5.54 Å². The summed E-state index contributed by atoms with van der Waals surface area (Å²) in [4.78, 5) is 16.5. The van der Waals surface area contributed by atoms with E-state index in [4.69, 9.17) is 5.26 Å². The number of hydrogen-bond donors (Lipinski definition) is 1. The third-order valence-electron chi connectivity index (χ3n) is 5.32. The van der Waals surface area contributed by atoms with Gasteiger partial charge in [-0.1, -0.05) is 6.07 Å². The van der Waals surface area contributed by atoms with Crippen LogP contribution in [0.5, 0.6) is 0 Å². The van der Waals surface area contributed by atoms with Crippen molar-refractivity contribution >= 4 is 22.1 Å². The second-order valence-electron chi connectivity index (χ2n) is 8.35. The predicted molar refractivity (Wildman–Crippen MR) is 118 cm³/mol. The lowest BCUT2D eigenvalue weighted by atomic mass is 10.0. The summed E-state index contributed by atoms with van der Waals surface area (Å²) in [6.45, 7) is 6.52. The van der Waals surface area contributed by atoms with E-state index in [-0.39, 0.29) is 5.54 Å². The van der Waals surface area contributed by atoms with Crippen LogP contribution in [0.4, 0.5) is 0 Å². The molecule has 146 valence electrons. The summed E-state index contributed by atoms with van der Waals surface area (Å²) in [6, 6.07) is 14.2. The average Bonchev–Trinajstić information content (AvgIpc) is 3.36. The normalized spacial score (nSPS) is 11.8. The maximum atomic E-state index is 9.15.